The van der Waals surface area contributed by atoms with E-state index in [2.05, 4.69) is 0 Å². The molecule has 25 heavy (non-hydrogen) atoms. The first-order chi connectivity index (χ1) is 11.9. The first kappa shape index (κ1) is 17.7. The highest BCUT2D eigenvalue weighted by atomic mass is 32.2. The van der Waals surface area contributed by atoms with E-state index in [1.165, 1.54) is 4.31 Å². The summed E-state index contributed by atoms with van der Waals surface area (Å²) in [6.45, 7) is 3.13. The molecule has 6 nitrogen and oxygen atoms in total. The highest BCUT2D eigenvalue weighted by Crippen LogP contribution is 2.27. The van der Waals surface area contributed by atoms with E-state index < -0.39 is 10.0 Å². The smallest absolute Gasteiger partial charge is 0.243 e. The summed E-state index contributed by atoms with van der Waals surface area (Å²) in [4.78, 5) is 11.5. The van der Waals surface area contributed by atoms with Crippen LogP contribution in [0.25, 0.3) is 10.8 Å². The molecule has 1 amide bonds. The van der Waals surface area contributed by atoms with Gasteiger partial charge in [-0.25, -0.2) is 8.42 Å². The number of primary amides is 1. The van der Waals surface area contributed by atoms with Gasteiger partial charge in [-0.05, 0) is 54.8 Å². The summed E-state index contributed by atoms with van der Waals surface area (Å²) in [6, 6.07) is 10.7. The molecule has 1 heterocycles. The van der Waals surface area contributed by atoms with Crippen LogP contribution in [0.1, 0.15) is 19.8 Å². The van der Waals surface area contributed by atoms with Crippen LogP contribution < -0.4 is 10.5 Å². The van der Waals surface area contributed by atoms with Gasteiger partial charge < -0.3 is 10.5 Å². The van der Waals surface area contributed by atoms with E-state index in [0.717, 1.165) is 16.5 Å². The summed E-state index contributed by atoms with van der Waals surface area (Å²) in [7, 11) is -3.57. The Morgan fingerprint density at radius 1 is 1.16 bits per heavy atom. The molecule has 0 aromatic heterocycles. The number of rotatable bonds is 5. The maximum Gasteiger partial charge on any atom is 0.243 e. The van der Waals surface area contributed by atoms with Gasteiger partial charge in [0.25, 0.3) is 0 Å². The van der Waals surface area contributed by atoms with Crippen molar-refractivity contribution in [1.29, 1.82) is 0 Å². The normalized spacial score (nSPS) is 16.8. The van der Waals surface area contributed by atoms with Crippen molar-refractivity contribution in [3.8, 4) is 5.75 Å². The zero-order valence-corrected chi connectivity index (χ0v) is 15.0. The molecule has 2 N–H and O–H groups in total. The minimum Gasteiger partial charge on any atom is -0.494 e. The van der Waals surface area contributed by atoms with Crippen molar-refractivity contribution in [2.24, 2.45) is 11.7 Å². The second-order valence-corrected chi connectivity index (χ2v) is 8.12. The molecular formula is C18H22N2O4S. The van der Waals surface area contributed by atoms with Gasteiger partial charge >= 0.3 is 0 Å². The van der Waals surface area contributed by atoms with Gasteiger partial charge in [0.2, 0.25) is 15.9 Å². The van der Waals surface area contributed by atoms with Crippen molar-refractivity contribution in [2.45, 2.75) is 24.7 Å². The molecule has 0 bridgehead atoms. The number of nitrogens with two attached hydrogens (primary N) is 1. The number of ether oxygens (including phenoxy) is 1. The number of fused-ring (bicyclic) bond motifs is 1. The Morgan fingerprint density at radius 3 is 2.44 bits per heavy atom. The van der Waals surface area contributed by atoms with Crippen LogP contribution in [0.3, 0.4) is 0 Å². The predicted octanol–water partition coefficient (Wildman–Crippen LogP) is 2.12. The molecule has 134 valence electrons. The summed E-state index contributed by atoms with van der Waals surface area (Å²) in [5.41, 5.74) is 5.31. The topological polar surface area (TPSA) is 89.7 Å². The number of carbonyl (C=O) groups excluding carboxylic acids is 1. The second kappa shape index (κ2) is 7.01. The first-order valence-electron chi connectivity index (χ1n) is 8.38. The van der Waals surface area contributed by atoms with E-state index in [4.69, 9.17) is 10.5 Å². The lowest BCUT2D eigenvalue weighted by Gasteiger charge is -2.29. The lowest BCUT2D eigenvalue weighted by Crippen LogP contribution is -2.41. The minimum absolute atomic E-state index is 0.236. The zero-order chi connectivity index (χ0) is 18.0. The third kappa shape index (κ3) is 3.62. The molecule has 1 aliphatic rings. The van der Waals surface area contributed by atoms with Gasteiger partial charge in [-0.3, -0.25) is 4.79 Å². The van der Waals surface area contributed by atoms with Crippen LogP contribution in [-0.4, -0.2) is 38.3 Å². The van der Waals surface area contributed by atoms with Crippen LogP contribution >= 0.6 is 0 Å². The molecule has 2 aromatic carbocycles. The molecule has 0 aliphatic carbocycles. The molecule has 0 unspecified atom stereocenters. The molecule has 0 saturated carbocycles. The first-order valence-corrected chi connectivity index (χ1v) is 9.82. The lowest BCUT2D eigenvalue weighted by atomic mass is 9.98. The minimum atomic E-state index is -3.57. The number of carbonyl (C=O) groups is 1. The number of nitrogens with zero attached hydrogens (tertiary/aromatic N) is 1. The fourth-order valence-corrected chi connectivity index (χ4v) is 4.65. The number of sulfonamides is 1. The van der Waals surface area contributed by atoms with Gasteiger partial charge in [-0.2, -0.15) is 4.31 Å². The van der Waals surface area contributed by atoms with Crippen LogP contribution in [0.5, 0.6) is 5.75 Å². The van der Waals surface area contributed by atoms with Crippen LogP contribution in [-0.2, 0) is 14.8 Å². The van der Waals surface area contributed by atoms with Crippen LogP contribution in [0.4, 0.5) is 0 Å². The van der Waals surface area contributed by atoms with Crippen molar-refractivity contribution < 1.29 is 17.9 Å². The monoisotopic (exact) mass is 362 g/mol. The standard InChI is InChI=1S/C18H22N2O4S/c1-2-24-16-5-3-15-12-17(6-4-14(15)11-16)25(22,23)20-9-7-13(8-10-20)18(19)21/h3-6,11-13H,2,7-10H2,1H3,(H2,19,21). The van der Waals surface area contributed by atoms with E-state index in [-0.39, 0.29) is 16.7 Å². The summed E-state index contributed by atoms with van der Waals surface area (Å²) < 4.78 is 32.6. The molecule has 7 heteroatoms. The number of benzene rings is 2. The highest BCUT2D eigenvalue weighted by Gasteiger charge is 2.31. The summed E-state index contributed by atoms with van der Waals surface area (Å²) in [5.74, 6) is 0.173. The average molecular weight is 362 g/mol. The van der Waals surface area contributed by atoms with Gasteiger partial charge in [0.15, 0.2) is 0 Å². The number of hydrogen-bond acceptors (Lipinski definition) is 4. The Labute approximate surface area is 147 Å². The lowest BCUT2D eigenvalue weighted by molar-refractivity contribution is -0.122. The summed E-state index contributed by atoms with van der Waals surface area (Å²) in [5, 5.41) is 1.77. The average Bonchev–Trinajstić information content (AvgIpc) is 2.61. The van der Waals surface area contributed by atoms with Gasteiger partial charge in [0.1, 0.15) is 5.75 Å². The SMILES string of the molecule is CCOc1ccc2cc(S(=O)(=O)N3CCC(C(N)=O)CC3)ccc2c1. The molecule has 1 aliphatic heterocycles. The predicted molar refractivity (Wildman–Crippen MR) is 95.8 cm³/mol. The molecule has 1 fully saturated rings. The third-order valence-electron chi connectivity index (χ3n) is 4.59. The maximum absolute atomic E-state index is 12.9. The van der Waals surface area contributed by atoms with Crippen LogP contribution in [0.15, 0.2) is 41.3 Å². The molecule has 0 atom stereocenters. The van der Waals surface area contributed by atoms with Gasteiger partial charge in [0.05, 0.1) is 11.5 Å². The highest BCUT2D eigenvalue weighted by molar-refractivity contribution is 7.89. The van der Waals surface area contributed by atoms with Crippen molar-refractivity contribution in [2.75, 3.05) is 19.7 Å². The van der Waals surface area contributed by atoms with Gasteiger partial charge in [-0.1, -0.05) is 12.1 Å². The Balaban J connectivity index is 1.85. The molecule has 0 spiro atoms. The van der Waals surface area contributed by atoms with Crippen molar-refractivity contribution in [3.05, 3.63) is 36.4 Å². The Bertz CT molecular complexity index is 887. The molecule has 0 radical (unpaired) electrons. The quantitative estimate of drug-likeness (QED) is 0.882. The van der Waals surface area contributed by atoms with E-state index in [1.54, 1.807) is 18.2 Å². The van der Waals surface area contributed by atoms with Crippen LogP contribution in [0, 0.1) is 5.92 Å². The molecular weight excluding hydrogens is 340 g/mol. The summed E-state index contributed by atoms with van der Waals surface area (Å²) in [6.07, 6.45) is 0.944. The number of amides is 1. The molecule has 2 aromatic rings. The summed E-state index contributed by atoms with van der Waals surface area (Å²) >= 11 is 0. The Hall–Kier alpha value is -2.12. The largest absolute Gasteiger partial charge is 0.494 e. The van der Waals surface area contributed by atoms with E-state index in [9.17, 15) is 13.2 Å². The van der Waals surface area contributed by atoms with Gasteiger partial charge in [0, 0.05) is 19.0 Å². The number of hydrogen-bond donors (Lipinski definition) is 1. The van der Waals surface area contributed by atoms with E-state index >= 15 is 0 Å². The Morgan fingerprint density at radius 2 is 1.80 bits per heavy atom. The maximum atomic E-state index is 12.9. The van der Waals surface area contributed by atoms with Crippen LogP contribution in [0.2, 0.25) is 0 Å². The third-order valence-corrected chi connectivity index (χ3v) is 6.48. The van der Waals surface area contributed by atoms with Crippen molar-refractivity contribution in [3.63, 3.8) is 0 Å². The van der Waals surface area contributed by atoms with Crippen molar-refractivity contribution in [1.82, 2.24) is 4.31 Å². The second-order valence-electron chi connectivity index (χ2n) is 6.18. The number of piperidine rings is 1. The molecule has 3 rings (SSSR count). The fourth-order valence-electron chi connectivity index (χ4n) is 3.15. The van der Waals surface area contributed by atoms with Gasteiger partial charge in [-0.15, -0.1) is 0 Å². The zero-order valence-electron chi connectivity index (χ0n) is 14.1. The van der Waals surface area contributed by atoms with Crippen molar-refractivity contribution >= 4 is 26.7 Å². The molecule has 1 saturated heterocycles. The Kier molecular flexibility index (Phi) is 4.96. The van der Waals surface area contributed by atoms with E-state index in [0.29, 0.717) is 32.5 Å². The fraction of sp³-hybridized carbons (Fsp3) is 0.389. The van der Waals surface area contributed by atoms with E-state index in [1.807, 2.05) is 25.1 Å².